The Morgan fingerprint density at radius 1 is 1.31 bits per heavy atom. The summed E-state index contributed by atoms with van der Waals surface area (Å²) in [6.07, 6.45) is 5.34. The van der Waals surface area contributed by atoms with Crippen LogP contribution in [-0.2, 0) is 11.3 Å². The summed E-state index contributed by atoms with van der Waals surface area (Å²) in [4.78, 5) is 14.0. The minimum absolute atomic E-state index is 0.237. The number of methoxy groups -OCH3 is 1. The zero-order valence-electron chi connectivity index (χ0n) is 17.5. The van der Waals surface area contributed by atoms with Crippen LogP contribution in [0, 0.1) is 17.2 Å². The number of carbonyl (C=O) groups excluding carboxylic acids is 1. The van der Waals surface area contributed by atoms with E-state index in [4.69, 9.17) is 9.47 Å². The molecule has 0 bridgehead atoms. The van der Waals surface area contributed by atoms with Gasteiger partial charge in [-0.3, -0.25) is 4.68 Å². The molecule has 0 atom stereocenters. The minimum Gasteiger partial charge on any atom is -0.497 e. The van der Waals surface area contributed by atoms with Gasteiger partial charge in [-0.15, -0.1) is 0 Å². The molecule has 7 nitrogen and oxygen atoms in total. The van der Waals surface area contributed by atoms with Gasteiger partial charge >= 0.3 is 6.09 Å². The number of nitriles is 1. The Morgan fingerprint density at radius 2 is 2.03 bits per heavy atom. The predicted octanol–water partition coefficient (Wildman–Crippen LogP) is 4.08. The summed E-state index contributed by atoms with van der Waals surface area (Å²) in [5, 5.41) is 13.9. The van der Waals surface area contributed by atoms with Gasteiger partial charge in [-0.2, -0.15) is 10.4 Å². The number of nitrogens with zero attached hydrogens (tertiary/aromatic N) is 4. The molecule has 1 amide bonds. The Balaban J connectivity index is 1.61. The summed E-state index contributed by atoms with van der Waals surface area (Å²) in [5.74, 6) is 1.16. The predicted molar refractivity (Wildman–Crippen MR) is 109 cm³/mol. The average molecular weight is 396 g/mol. The summed E-state index contributed by atoms with van der Waals surface area (Å²) in [7, 11) is 1.61. The Hall–Kier alpha value is -3.01. The maximum atomic E-state index is 12.2. The van der Waals surface area contributed by atoms with E-state index in [1.54, 1.807) is 30.3 Å². The lowest BCUT2D eigenvalue weighted by Crippen LogP contribution is -2.42. The summed E-state index contributed by atoms with van der Waals surface area (Å²) < 4.78 is 12.7. The lowest BCUT2D eigenvalue weighted by molar-refractivity contribution is 0.0177. The van der Waals surface area contributed by atoms with Crippen molar-refractivity contribution in [3.63, 3.8) is 0 Å². The summed E-state index contributed by atoms with van der Waals surface area (Å²) >= 11 is 0. The van der Waals surface area contributed by atoms with E-state index < -0.39 is 5.60 Å². The van der Waals surface area contributed by atoms with E-state index in [9.17, 15) is 10.1 Å². The number of hydrogen-bond donors (Lipinski definition) is 0. The fourth-order valence-electron chi connectivity index (χ4n) is 3.48. The number of piperidine rings is 1. The molecular formula is C22H28N4O3. The zero-order valence-corrected chi connectivity index (χ0v) is 17.5. The Morgan fingerprint density at radius 3 is 2.66 bits per heavy atom. The number of aromatic nitrogens is 2. The first-order chi connectivity index (χ1) is 13.8. The number of carbonyl (C=O) groups is 1. The molecule has 1 saturated heterocycles. The summed E-state index contributed by atoms with van der Waals surface area (Å²) in [6.45, 7) is 7.82. The second kappa shape index (κ2) is 8.56. The van der Waals surface area contributed by atoms with Crippen LogP contribution in [0.1, 0.15) is 39.2 Å². The number of rotatable bonds is 4. The highest BCUT2D eigenvalue weighted by Crippen LogP contribution is 2.28. The second-order valence-corrected chi connectivity index (χ2v) is 8.39. The van der Waals surface area contributed by atoms with Gasteiger partial charge in [0.15, 0.2) is 0 Å². The van der Waals surface area contributed by atoms with Crippen LogP contribution >= 0.6 is 0 Å². The summed E-state index contributed by atoms with van der Waals surface area (Å²) in [6, 6.07) is 7.63. The van der Waals surface area contributed by atoms with Crippen molar-refractivity contribution in [3.8, 4) is 22.9 Å². The number of hydrogen-bond acceptors (Lipinski definition) is 5. The molecule has 0 radical (unpaired) electrons. The zero-order chi connectivity index (χ0) is 21.0. The van der Waals surface area contributed by atoms with Crippen LogP contribution in [0.5, 0.6) is 5.75 Å². The molecular weight excluding hydrogens is 368 g/mol. The highest BCUT2D eigenvalue weighted by Gasteiger charge is 2.27. The highest BCUT2D eigenvalue weighted by molar-refractivity contribution is 5.71. The lowest BCUT2D eigenvalue weighted by atomic mass is 9.97. The van der Waals surface area contributed by atoms with E-state index in [2.05, 4.69) is 11.2 Å². The van der Waals surface area contributed by atoms with Gasteiger partial charge in [0.2, 0.25) is 0 Å². The van der Waals surface area contributed by atoms with Crippen molar-refractivity contribution in [1.29, 1.82) is 5.26 Å². The monoisotopic (exact) mass is 396 g/mol. The van der Waals surface area contributed by atoms with Gasteiger partial charge in [0, 0.05) is 37.0 Å². The molecule has 0 spiro atoms. The topological polar surface area (TPSA) is 80.4 Å². The molecule has 1 aliphatic rings. The van der Waals surface area contributed by atoms with Crippen molar-refractivity contribution < 1.29 is 14.3 Å². The quantitative estimate of drug-likeness (QED) is 0.778. The van der Waals surface area contributed by atoms with Gasteiger partial charge in [-0.05, 0) is 57.7 Å². The molecule has 0 saturated carbocycles. The maximum absolute atomic E-state index is 12.2. The standard InChI is InChI=1S/C22H28N4O3/c1-22(2,3)29-21(27)25-9-7-16(8-10-25)14-26-15-18(13-24-26)20-11-19(28-4)6-5-17(20)12-23/h5-6,11,13,15-16H,7-10,14H2,1-4H3. The van der Waals surface area contributed by atoms with E-state index in [1.165, 1.54) is 0 Å². The third-order valence-electron chi connectivity index (χ3n) is 5.00. The first-order valence-electron chi connectivity index (χ1n) is 9.88. The number of benzene rings is 1. The molecule has 0 unspecified atom stereocenters. The molecule has 2 aromatic rings. The lowest BCUT2D eigenvalue weighted by Gasteiger charge is -2.33. The molecule has 1 aromatic carbocycles. The van der Waals surface area contributed by atoms with Crippen LogP contribution in [0.25, 0.3) is 11.1 Å². The average Bonchev–Trinajstić information content (AvgIpc) is 3.15. The Kier molecular flexibility index (Phi) is 6.12. The smallest absolute Gasteiger partial charge is 0.410 e. The van der Waals surface area contributed by atoms with Gasteiger partial charge in [0.25, 0.3) is 0 Å². The number of likely N-dealkylation sites (tertiary alicyclic amines) is 1. The van der Waals surface area contributed by atoms with Crippen molar-refractivity contribution in [3.05, 3.63) is 36.2 Å². The van der Waals surface area contributed by atoms with E-state index >= 15 is 0 Å². The summed E-state index contributed by atoms with van der Waals surface area (Å²) in [5.41, 5.74) is 1.84. The van der Waals surface area contributed by atoms with Crippen LogP contribution in [0.4, 0.5) is 4.79 Å². The van der Waals surface area contributed by atoms with Crippen molar-refractivity contribution in [2.75, 3.05) is 20.2 Å². The molecule has 0 aliphatic carbocycles. The third kappa shape index (κ3) is 5.29. The molecule has 3 rings (SSSR count). The largest absolute Gasteiger partial charge is 0.497 e. The molecule has 1 aliphatic heterocycles. The second-order valence-electron chi connectivity index (χ2n) is 8.39. The number of ether oxygens (including phenoxy) is 2. The first-order valence-corrected chi connectivity index (χ1v) is 9.88. The van der Waals surface area contributed by atoms with Crippen LogP contribution in [-0.4, -0.2) is 46.6 Å². The van der Waals surface area contributed by atoms with Gasteiger partial charge in [0.05, 0.1) is 24.9 Å². The Bertz CT molecular complexity index is 900. The van der Waals surface area contributed by atoms with Crippen LogP contribution in [0.2, 0.25) is 0 Å². The fraction of sp³-hybridized carbons (Fsp3) is 0.500. The molecule has 0 N–H and O–H groups in total. The van der Waals surface area contributed by atoms with E-state index in [0.29, 0.717) is 30.3 Å². The normalized spacial score (nSPS) is 15.1. The van der Waals surface area contributed by atoms with Crippen LogP contribution in [0.15, 0.2) is 30.6 Å². The fourth-order valence-corrected chi connectivity index (χ4v) is 3.48. The molecule has 154 valence electrons. The van der Waals surface area contributed by atoms with Gasteiger partial charge in [-0.25, -0.2) is 4.79 Å². The maximum Gasteiger partial charge on any atom is 0.410 e. The van der Waals surface area contributed by atoms with Crippen LogP contribution in [0.3, 0.4) is 0 Å². The molecule has 7 heteroatoms. The molecule has 1 aromatic heterocycles. The Labute approximate surface area is 171 Å². The molecule has 29 heavy (non-hydrogen) atoms. The van der Waals surface area contributed by atoms with Crippen molar-refractivity contribution >= 4 is 6.09 Å². The van der Waals surface area contributed by atoms with Gasteiger partial charge in [0.1, 0.15) is 11.4 Å². The van der Waals surface area contributed by atoms with Crippen molar-refractivity contribution in [2.45, 2.75) is 45.8 Å². The minimum atomic E-state index is -0.470. The SMILES string of the molecule is COc1ccc(C#N)c(-c2cnn(CC3CCN(C(=O)OC(C)(C)C)CC3)c2)c1. The van der Waals surface area contributed by atoms with Gasteiger partial charge < -0.3 is 14.4 Å². The van der Waals surface area contributed by atoms with E-state index in [-0.39, 0.29) is 6.09 Å². The molecule has 2 heterocycles. The van der Waals surface area contributed by atoms with Gasteiger partial charge in [-0.1, -0.05) is 0 Å². The first kappa shape index (κ1) is 20.7. The van der Waals surface area contributed by atoms with E-state index in [0.717, 1.165) is 30.5 Å². The third-order valence-corrected chi connectivity index (χ3v) is 5.00. The van der Waals surface area contributed by atoms with Crippen LogP contribution < -0.4 is 4.74 Å². The number of amides is 1. The molecule has 1 fully saturated rings. The van der Waals surface area contributed by atoms with Crippen molar-refractivity contribution in [2.24, 2.45) is 5.92 Å². The van der Waals surface area contributed by atoms with E-state index in [1.807, 2.05) is 37.7 Å². The highest BCUT2D eigenvalue weighted by atomic mass is 16.6. The van der Waals surface area contributed by atoms with Crippen molar-refractivity contribution in [1.82, 2.24) is 14.7 Å².